The zero-order valence-electron chi connectivity index (χ0n) is 9.73. The molecular formula is C11H21NO3S. The van der Waals surface area contributed by atoms with Gasteiger partial charge in [0.15, 0.2) is 0 Å². The first-order chi connectivity index (χ1) is 7.68. The first kappa shape index (κ1) is 12.3. The molecule has 2 aliphatic rings. The average molecular weight is 247 g/mol. The summed E-state index contributed by atoms with van der Waals surface area (Å²) in [5.74, 6) is 0.636. The summed E-state index contributed by atoms with van der Waals surface area (Å²) in [7, 11) is -3.01. The highest BCUT2D eigenvalue weighted by molar-refractivity contribution is 7.89. The molecule has 16 heavy (non-hydrogen) atoms. The second-order valence-corrected chi connectivity index (χ2v) is 6.81. The minimum Gasteiger partial charge on any atom is -0.381 e. The Kier molecular flexibility index (Phi) is 4.21. The van der Waals surface area contributed by atoms with Gasteiger partial charge in [-0.05, 0) is 31.6 Å². The van der Waals surface area contributed by atoms with Gasteiger partial charge in [-0.1, -0.05) is 6.42 Å². The Balaban J connectivity index is 1.90. The third kappa shape index (κ3) is 3.18. The topological polar surface area (TPSA) is 46.6 Å². The highest BCUT2D eigenvalue weighted by atomic mass is 32.2. The van der Waals surface area contributed by atoms with Gasteiger partial charge in [-0.15, -0.1) is 0 Å². The highest BCUT2D eigenvalue weighted by Gasteiger charge is 2.28. The minimum atomic E-state index is -3.01. The molecule has 0 amide bonds. The van der Waals surface area contributed by atoms with Crippen LogP contribution in [0.2, 0.25) is 0 Å². The summed E-state index contributed by atoms with van der Waals surface area (Å²) in [6.07, 6.45) is 5.00. The van der Waals surface area contributed by atoms with E-state index in [1.165, 1.54) is 6.42 Å². The predicted molar refractivity (Wildman–Crippen MR) is 62.8 cm³/mol. The van der Waals surface area contributed by atoms with Crippen LogP contribution in [-0.4, -0.2) is 44.8 Å². The number of rotatable bonds is 3. The lowest BCUT2D eigenvalue weighted by Crippen LogP contribution is -2.39. The fraction of sp³-hybridized carbons (Fsp3) is 1.00. The van der Waals surface area contributed by atoms with Crippen LogP contribution in [0.4, 0.5) is 0 Å². The molecule has 0 aromatic rings. The molecule has 0 aromatic heterocycles. The van der Waals surface area contributed by atoms with E-state index in [1.54, 1.807) is 4.31 Å². The van der Waals surface area contributed by atoms with Gasteiger partial charge in [0, 0.05) is 26.3 Å². The molecule has 4 nitrogen and oxygen atoms in total. The largest absolute Gasteiger partial charge is 0.381 e. The van der Waals surface area contributed by atoms with E-state index in [0.717, 1.165) is 52.0 Å². The molecule has 0 spiro atoms. The van der Waals surface area contributed by atoms with Crippen molar-refractivity contribution >= 4 is 10.0 Å². The summed E-state index contributed by atoms with van der Waals surface area (Å²) in [5, 5.41) is 0. The molecule has 0 bridgehead atoms. The van der Waals surface area contributed by atoms with Crippen LogP contribution in [-0.2, 0) is 14.8 Å². The predicted octanol–water partition coefficient (Wildman–Crippen LogP) is 1.23. The van der Waals surface area contributed by atoms with Crippen LogP contribution in [0, 0.1) is 5.92 Å². The summed E-state index contributed by atoms with van der Waals surface area (Å²) in [5.41, 5.74) is 0. The Morgan fingerprint density at radius 2 is 1.69 bits per heavy atom. The van der Waals surface area contributed by atoms with E-state index >= 15 is 0 Å². The zero-order valence-corrected chi connectivity index (χ0v) is 10.5. The number of piperidine rings is 1. The van der Waals surface area contributed by atoms with E-state index < -0.39 is 10.0 Å². The summed E-state index contributed by atoms with van der Waals surface area (Å²) in [4.78, 5) is 0. The Bertz CT molecular complexity index is 303. The van der Waals surface area contributed by atoms with Gasteiger partial charge in [0.05, 0.1) is 5.75 Å². The van der Waals surface area contributed by atoms with Crippen molar-refractivity contribution in [1.29, 1.82) is 0 Å². The monoisotopic (exact) mass is 247 g/mol. The quantitative estimate of drug-likeness (QED) is 0.753. The smallest absolute Gasteiger partial charge is 0.214 e. The minimum absolute atomic E-state index is 0.306. The average Bonchev–Trinajstić information content (AvgIpc) is 2.31. The molecular weight excluding hydrogens is 226 g/mol. The van der Waals surface area contributed by atoms with Crippen LogP contribution in [0.25, 0.3) is 0 Å². The standard InChI is InChI=1S/C11H21NO3S/c13-16(14,12-6-2-1-3-7-12)10-11-4-8-15-9-5-11/h11H,1-10H2. The molecule has 0 atom stereocenters. The lowest BCUT2D eigenvalue weighted by Gasteiger charge is -2.29. The summed E-state index contributed by atoms with van der Waals surface area (Å²) < 4.78 is 31.2. The molecule has 0 aromatic carbocycles. The van der Waals surface area contributed by atoms with Gasteiger partial charge >= 0.3 is 0 Å². The van der Waals surface area contributed by atoms with Crippen molar-refractivity contribution in [2.45, 2.75) is 32.1 Å². The van der Waals surface area contributed by atoms with Crippen LogP contribution in [0.5, 0.6) is 0 Å². The van der Waals surface area contributed by atoms with Crippen molar-refractivity contribution in [1.82, 2.24) is 4.31 Å². The van der Waals surface area contributed by atoms with Crippen molar-refractivity contribution in [3.05, 3.63) is 0 Å². The molecule has 0 unspecified atom stereocenters. The van der Waals surface area contributed by atoms with Crippen LogP contribution in [0.1, 0.15) is 32.1 Å². The zero-order chi connectivity index (χ0) is 11.4. The van der Waals surface area contributed by atoms with Crippen LogP contribution < -0.4 is 0 Å². The van der Waals surface area contributed by atoms with Gasteiger partial charge < -0.3 is 4.74 Å². The fourth-order valence-corrected chi connectivity index (χ4v) is 4.41. The van der Waals surface area contributed by atoms with Crippen molar-refractivity contribution in [3.63, 3.8) is 0 Å². The summed E-state index contributed by atoms with van der Waals surface area (Å²) >= 11 is 0. The molecule has 2 heterocycles. The third-order valence-corrected chi connectivity index (χ3v) is 5.54. The maximum Gasteiger partial charge on any atom is 0.214 e. The Morgan fingerprint density at radius 3 is 2.31 bits per heavy atom. The van der Waals surface area contributed by atoms with Crippen molar-refractivity contribution in [3.8, 4) is 0 Å². The SMILES string of the molecule is O=S(=O)(CC1CCOCC1)N1CCCCC1. The Hall–Kier alpha value is -0.130. The van der Waals surface area contributed by atoms with Gasteiger partial charge in [0.1, 0.15) is 0 Å². The van der Waals surface area contributed by atoms with E-state index in [0.29, 0.717) is 11.7 Å². The highest BCUT2D eigenvalue weighted by Crippen LogP contribution is 2.21. The molecule has 94 valence electrons. The number of sulfonamides is 1. The Morgan fingerprint density at radius 1 is 1.06 bits per heavy atom. The van der Waals surface area contributed by atoms with Crippen molar-refractivity contribution in [2.75, 3.05) is 32.1 Å². The maximum atomic E-state index is 12.1. The van der Waals surface area contributed by atoms with Crippen LogP contribution in [0.15, 0.2) is 0 Å². The molecule has 2 saturated heterocycles. The van der Waals surface area contributed by atoms with E-state index in [1.807, 2.05) is 0 Å². The normalized spacial score (nSPS) is 25.8. The van der Waals surface area contributed by atoms with E-state index in [-0.39, 0.29) is 0 Å². The third-order valence-electron chi connectivity index (χ3n) is 3.50. The van der Waals surface area contributed by atoms with E-state index in [2.05, 4.69) is 0 Å². The molecule has 0 N–H and O–H groups in total. The number of hydrogen-bond acceptors (Lipinski definition) is 3. The lowest BCUT2D eigenvalue weighted by atomic mass is 10.0. The maximum absolute atomic E-state index is 12.1. The first-order valence-corrected chi connectivity index (χ1v) is 7.85. The molecule has 0 aliphatic carbocycles. The molecule has 2 fully saturated rings. The first-order valence-electron chi connectivity index (χ1n) is 6.24. The summed E-state index contributed by atoms with van der Waals surface area (Å²) in [6.45, 7) is 2.90. The van der Waals surface area contributed by atoms with E-state index in [4.69, 9.17) is 4.74 Å². The van der Waals surface area contributed by atoms with Crippen LogP contribution in [0.3, 0.4) is 0 Å². The number of hydrogen-bond donors (Lipinski definition) is 0. The van der Waals surface area contributed by atoms with Gasteiger partial charge in [0.2, 0.25) is 10.0 Å². The van der Waals surface area contributed by atoms with Gasteiger partial charge in [-0.3, -0.25) is 0 Å². The van der Waals surface area contributed by atoms with Gasteiger partial charge in [-0.2, -0.15) is 0 Å². The number of nitrogens with zero attached hydrogens (tertiary/aromatic N) is 1. The van der Waals surface area contributed by atoms with Crippen molar-refractivity contribution < 1.29 is 13.2 Å². The fourth-order valence-electron chi connectivity index (χ4n) is 2.46. The molecule has 2 aliphatic heterocycles. The second-order valence-electron chi connectivity index (χ2n) is 4.79. The van der Waals surface area contributed by atoms with Gasteiger partial charge in [0.25, 0.3) is 0 Å². The molecule has 0 saturated carbocycles. The van der Waals surface area contributed by atoms with E-state index in [9.17, 15) is 8.42 Å². The lowest BCUT2D eigenvalue weighted by molar-refractivity contribution is 0.0720. The summed E-state index contributed by atoms with van der Waals surface area (Å²) in [6, 6.07) is 0. The second kappa shape index (κ2) is 5.47. The molecule has 0 radical (unpaired) electrons. The molecule has 5 heteroatoms. The molecule has 2 rings (SSSR count). The Labute approximate surface area is 98.0 Å². The van der Waals surface area contributed by atoms with Gasteiger partial charge in [-0.25, -0.2) is 12.7 Å². The van der Waals surface area contributed by atoms with Crippen LogP contribution >= 0.6 is 0 Å². The van der Waals surface area contributed by atoms with Crippen molar-refractivity contribution in [2.24, 2.45) is 5.92 Å². The number of ether oxygens (including phenoxy) is 1.